The lowest BCUT2D eigenvalue weighted by Crippen LogP contribution is -2.60. The number of halogens is 1. The number of amides is 2. The van der Waals surface area contributed by atoms with Crippen LogP contribution in [-0.4, -0.2) is 56.3 Å². The summed E-state index contributed by atoms with van der Waals surface area (Å²) in [5.41, 5.74) is -1.75. The number of nitrogens with zero attached hydrogens (tertiary/aromatic N) is 1. The second kappa shape index (κ2) is 7.31. The van der Waals surface area contributed by atoms with Gasteiger partial charge < -0.3 is 19.1 Å². The van der Waals surface area contributed by atoms with Crippen molar-refractivity contribution in [3.63, 3.8) is 0 Å². The standard InChI is InChI=1S/C17H17FN2O6/c1-5-17(15(22)25-3,19-16(23)26-4)9-20-8-10-6-7-11(24-2)13(18)12(10)14(20)21/h1,6-7H,8-9H2,2-4H3,(H,19,23). The van der Waals surface area contributed by atoms with Gasteiger partial charge in [0.2, 0.25) is 5.54 Å². The summed E-state index contributed by atoms with van der Waals surface area (Å²) < 4.78 is 28.4. The zero-order valence-corrected chi connectivity index (χ0v) is 14.4. The van der Waals surface area contributed by atoms with Gasteiger partial charge in [-0.2, -0.15) is 0 Å². The Morgan fingerprint density at radius 2 is 2.04 bits per heavy atom. The minimum atomic E-state index is -1.99. The summed E-state index contributed by atoms with van der Waals surface area (Å²) in [5, 5.41) is 2.21. The van der Waals surface area contributed by atoms with Gasteiger partial charge >= 0.3 is 12.1 Å². The Bertz CT molecular complexity index is 803. The molecule has 0 fully saturated rings. The quantitative estimate of drug-likeness (QED) is 0.610. The molecule has 1 aliphatic rings. The lowest BCUT2D eigenvalue weighted by atomic mass is 10.00. The van der Waals surface area contributed by atoms with Gasteiger partial charge in [0.25, 0.3) is 5.91 Å². The Morgan fingerprint density at radius 3 is 2.58 bits per heavy atom. The normalized spacial score (nSPS) is 14.7. The molecule has 138 valence electrons. The molecule has 8 nitrogen and oxygen atoms in total. The monoisotopic (exact) mass is 364 g/mol. The summed E-state index contributed by atoms with van der Waals surface area (Å²) in [4.78, 5) is 37.5. The summed E-state index contributed by atoms with van der Waals surface area (Å²) in [5.74, 6) is -0.394. The molecule has 0 spiro atoms. The number of hydrogen-bond acceptors (Lipinski definition) is 6. The molecule has 1 aromatic carbocycles. The van der Waals surface area contributed by atoms with Crippen molar-refractivity contribution in [3.05, 3.63) is 29.1 Å². The van der Waals surface area contributed by atoms with Gasteiger partial charge in [0.05, 0.1) is 33.4 Å². The van der Waals surface area contributed by atoms with Gasteiger partial charge in [-0.05, 0) is 11.6 Å². The SMILES string of the molecule is C#CC(CN1Cc2ccc(OC)c(F)c2C1=O)(NC(=O)OC)C(=O)OC. The lowest BCUT2D eigenvalue weighted by molar-refractivity contribution is -0.146. The number of terminal acetylenes is 1. The highest BCUT2D eigenvalue weighted by Gasteiger charge is 2.45. The first-order valence-electron chi connectivity index (χ1n) is 7.40. The number of carbonyl (C=O) groups excluding carboxylic acids is 3. The number of hydrogen-bond donors (Lipinski definition) is 1. The number of esters is 1. The van der Waals surface area contributed by atoms with E-state index < -0.39 is 35.9 Å². The molecule has 0 saturated heterocycles. The van der Waals surface area contributed by atoms with E-state index in [-0.39, 0.29) is 17.9 Å². The molecule has 1 heterocycles. The van der Waals surface area contributed by atoms with E-state index in [2.05, 4.69) is 20.7 Å². The van der Waals surface area contributed by atoms with Crippen LogP contribution in [0, 0.1) is 18.2 Å². The fourth-order valence-electron chi connectivity index (χ4n) is 2.66. The van der Waals surface area contributed by atoms with Crippen molar-refractivity contribution >= 4 is 18.0 Å². The molecule has 1 unspecified atom stereocenters. The van der Waals surface area contributed by atoms with E-state index in [1.807, 2.05) is 0 Å². The van der Waals surface area contributed by atoms with Crippen LogP contribution >= 0.6 is 0 Å². The van der Waals surface area contributed by atoms with Crippen LogP contribution in [0.5, 0.6) is 5.75 Å². The summed E-state index contributed by atoms with van der Waals surface area (Å²) in [6, 6.07) is 2.94. The minimum absolute atomic E-state index is 0.00163. The number of benzene rings is 1. The maximum Gasteiger partial charge on any atom is 0.408 e. The lowest BCUT2D eigenvalue weighted by Gasteiger charge is -2.30. The van der Waals surface area contributed by atoms with E-state index in [0.717, 1.165) is 19.1 Å². The molecule has 0 radical (unpaired) electrons. The molecule has 1 aromatic rings. The highest BCUT2D eigenvalue weighted by molar-refractivity contribution is 6.00. The van der Waals surface area contributed by atoms with E-state index >= 15 is 0 Å². The summed E-state index contributed by atoms with van der Waals surface area (Å²) in [7, 11) is 3.45. The molecule has 9 heteroatoms. The Balaban J connectivity index is 2.37. The van der Waals surface area contributed by atoms with E-state index in [1.165, 1.54) is 13.2 Å². The molecule has 1 atom stereocenters. The van der Waals surface area contributed by atoms with Gasteiger partial charge in [-0.15, -0.1) is 6.42 Å². The van der Waals surface area contributed by atoms with Crippen LogP contribution in [0.3, 0.4) is 0 Å². The molecule has 1 N–H and O–H groups in total. The number of nitrogens with one attached hydrogen (secondary N) is 1. The number of fused-ring (bicyclic) bond motifs is 1. The van der Waals surface area contributed by atoms with E-state index in [9.17, 15) is 18.8 Å². The topological polar surface area (TPSA) is 94.2 Å². The van der Waals surface area contributed by atoms with Crippen LogP contribution in [0.4, 0.5) is 9.18 Å². The zero-order valence-electron chi connectivity index (χ0n) is 14.4. The third-order valence-electron chi connectivity index (χ3n) is 3.98. The number of carbonyl (C=O) groups is 3. The fourth-order valence-corrected chi connectivity index (χ4v) is 2.66. The molecule has 2 amide bonds. The van der Waals surface area contributed by atoms with Crippen molar-refractivity contribution in [1.82, 2.24) is 10.2 Å². The smallest absolute Gasteiger partial charge is 0.408 e. The van der Waals surface area contributed by atoms with Crippen molar-refractivity contribution in [2.24, 2.45) is 0 Å². The zero-order chi connectivity index (χ0) is 19.5. The highest BCUT2D eigenvalue weighted by Crippen LogP contribution is 2.31. The van der Waals surface area contributed by atoms with Gasteiger partial charge in [-0.1, -0.05) is 12.0 Å². The van der Waals surface area contributed by atoms with Gasteiger partial charge in [0.15, 0.2) is 11.6 Å². The molecule has 0 saturated carbocycles. The summed E-state index contributed by atoms with van der Waals surface area (Å²) >= 11 is 0. The molecule has 0 aromatic heterocycles. The summed E-state index contributed by atoms with van der Waals surface area (Å²) in [6.45, 7) is -0.432. The van der Waals surface area contributed by atoms with Crippen molar-refractivity contribution < 1.29 is 33.0 Å². The van der Waals surface area contributed by atoms with Gasteiger partial charge in [-0.3, -0.25) is 10.1 Å². The van der Waals surface area contributed by atoms with E-state index in [0.29, 0.717) is 5.56 Å². The number of ether oxygens (including phenoxy) is 3. The van der Waals surface area contributed by atoms with Crippen LogP contribution in [0.25, 0.3) is 0 Å². The maximum atomic E-state index is 14.4. The Hall–Kier alpha value is -3.28. The first kappa shape index (κ1) is 19.1. The average molecular weight is 364 g/mol. The Kier molecular flexibility index (Phi) is 5.35. The van der Waals surface area contributed by atoms with Crippen molar-refractivity contribution in [2.75, 3.05) is 27.9 Å². The molecule has 0 aliphatic carbocycles. The number of alkyl carbamates (subject to hydrolysis) is 1. The molecule has 1 aliphatic heterocycles. The largest absolute Gasteiger partial charge is 0.494 e. The predicted molar refractivity (Wildman–Crippen MR) is 86.8 cm³/mol. The van der Waals surface area contributed by atoms with Crippen LogP contribution in [0.15, 0.2) is 12.1 Å². The van der Waals surface area contributed by atoms with Crippen molar-refractivity contribution in [3.8, 4) is 18.1 Å². The van der Waals surface area contributed by atoms with Gasteiger partial charge in [-0.25, -0.2) is 14.0 Å². The fraction of sp³-hybridized carbons (Fsp3) is 0.353. The van der Waals surface area contributed by atoms with E-state index in [1.54, 1.807) is 6.07 Å². The molecular weight excluding hydrogens is 347 g/mol. The Labute approximate surface area is 149 Å². The van der Waals surface area contributed by atoms with E-state index in [4.69, 9.17) is 11.2 Å². The van der Waals surface area contributed by atoms with Crippen molar-refractivity contribution in [2.45, 2.75) is 12.1 Å². The Morgan fingerprint density at radius 1 is 1.35 bits per heavy atom. The molecule has 0 bridgehead atoms. The van der Waals surface area contributed by atoms with Crippen molar-refractivity contribution in [1.29, 1.82) is 0 Å². The van der Waals surface area contributed by atoms with Gasteiger partial charge in [0.1, 0.15) is 0 Å². The first-order valence-corrected chi connectivity index (χ1v) is 7.40. The molecule has 2 rings (SSSR count). The average Bonchev–Trinajstić information content (AvgIpc) is 2.96. The summed E-state index contributed by atoms with van der Waals surface area (Å²) in [6.07, 6.45) is 4.46. The second-order valence-corrected chi connectivity index (χ2v) is 5.43. The molecular formula is C17H17FN2O6. The highest BCUT2D eigenvalue weighted by atomic mass is 19.1. The molecule has 26 heavy (non-hydrogen) atoms. The third kappa shape index (κ3) is 3.13. The second-order valence-electron chi connectivity index (χ2n) is 5.43. The van der Waals surface area contributed by atoms with Crippen LogP contribution in [0.2, 0.25) is 0 Å². The predicted octanol–water partition coefficient (Wildman–Crippen LogP) is 0.691. The maximum absolute atomic E-state index is 14.4. The number of rotatable bonds is 5. The third-order valence-corrected chi connectivity index (χ3v) is 3.98. The number of methoxy groups -OCH3 is 3. The minimum Gasteiger partial charge on any atom is -0.494 e. The van der Waals surface area contributed by atoms with Crippen LogP contribution < -0.4 is 10.1 Å². The van der Waals surface area contributed by atoms with Crippen LogP contribution in [-0.2, 0) is 20.8 Å². The van der Waals surface area contributed by atoms with Gasteiger partial charge in [0, 0.05) is 6.54 Å². The first-order chi connectivity index (χ1) is 12.3. The van der Waals surface area contributed by atoms with Crippen LogP contribution in [0.1, 0.15) is 15.9 Å².